The zero-order valence-electron chi connectivity index (χ0n) is 13.8. The number of nitrogens with one attached hydrogen (secondary N) is 2. The van der Waals surface area contributed by atoms with Crippen LogP contribution < -0.4 is 20.3 Å². The summed E-state index contributed by atoms with van der Waals surface area (Å²) in [5.74, 6) is -0.898. The lowest BCUT2D eigenvalue weighted by atomic mass is 10.2. The molecule has 0 saturated heterocycles. The molecule has 0 heterocycles. The first kappa shape index (κ1) is 18.3. The van der Waals surface area contributed by atoms with Gasteiger partial charge in [0.2, 0.25) is 5.91 Å². The molecule has 6 nitrogen and oxygen atoms in total. The monoisotopic (exact) mass is 346 g/mol. The number of hydrazine groups is 1. The number of para-hydroxylation sites is 2. The van der Waals surface area contributed by atoms with Gasteiger partial charge >= 0.3 is 0 Å². The van der Waals surface area contributed by atoms with E-state index in [0.29, 0.717) is 5.75 Å². The number of halogens is 1. The molecule has 0 bridgehead atoms. The number of carbonyl (C=O) groups is 2. The zero-order valence-corrected chi connectivity index (χ0v) is 13.8. The van der Waals surface area contributed by atoms with Crippen molar-refractivity contribution in [2.75, 3.05) is 13.2 Å². The summed E-state index contributed by atoms with van der Waals surface area (Å²) in [5.41, 5.74) is 5.41. The molecule has 0 aliphatic rings. The molecule has 0 aliphatic carbocycles. The molecular weight excluding hydrogens is 327 g/mol. The Morgan fingerprint density at radius 3 is 2.28 bits per heavy atom. The number of amides is 2. The molecule has 0 radical (unpaired) electrons. The third-order valence-electron chi connectivity index (χ3n) is 3.22. The van der Waals surface area contributed by atoms with E-state index in [4.69, 9.17) is 9.47 Å². The minimum Gasteiger partial charge on any atom is -0.493 e. The molecule has 2 aromatic rings. The Morgan fingerprint density at radius 1 is 0.920 bits per heavy atom. The quantitative estimate of drug-likeness (QED) is 0.753. The van der Waals surface area contributed by atoms with Crippen LogP contribution in [0.2, 0.25) is 0 Å². The van der Waals surface area contributed by atoms with Crippen molar-refractivity contribution in [1.82, 2.24) is 10.9 Å². The van der Waals surface area contributed by atoms with Crippen LogP contribution in [0.5, 0.6) is 11.5 Å². The number of benzene rings is 2. The number of rotatable bonds is 7. The molecule has 0 unspecified atom stereocenters. The van der Waals surface area contributed by atoms with Gasteiger partial charge in [0, 0.05) is 0 Å². The van der Waals surface area contributed by atoms with Crippen molar-refractivity contribution >= 4 is 11.8 Å². The smallest absolute Gasteiger partial charge is 0.276 e. The Kier molecular flexibility index (Phi) is 6.76. The van der Waals surface area contributed by atoms with Crippen molar-refractivity contribution in [3.8, 4) is 11.5 Å². The first-order chi connectivity index (χ1) is 12.1. The fraction of sp³-hybridized carbons (Fsp3) is 0.222. The zero-order chi connectivity index (χ0) is 18.1. The van der Waals surface area contributed by atoms with Gasteiger partial charge in [-0.25, -0.2) is 4.39 Å². The molecule has 2 rings (SSSR count). The standard InChI is InChI=1S/C18H19FN2O4/c1-13-6-2-4-8-15(13)24-11-10-17(22)20-21-18(23)12-25-16-9-5-3-7-14(16)19/h2-9H,10-12H2,1H3,(H,20,22)(H,21,23). The van der Waals surface area contributed by atoms with E-state index in [1.165, 1.54) is 18.2 Å². The number of ether oxygens (including phenoxy) is 2. The van der Waals surface area contributed by atoms with Crippen LogP contribution in [-0.4, -0.2) is 25.0 Å². The Morgan fingerprint density at radius 2 is 1.56 bits per heavy atom. The van der Waals surface area contributed by atoms with Crippen LogP contribution in [0.1, 0.15) is 12.0 Å². The summed E-state index contributed by atoms with van der Waals surface area (Å²) in [6.45, 7) is 1.67. The third kappa shape index (κ3) is 6.14. The molecule has 7 heteroatoms. The molecule has 0 aromatic heterocycles. The molecule has 0 atom stereocenters. The summed E-state index contributed by atoms with van der Waals surface area (Å²) in [6, 6.07) is 13.2. The summed E-state index contributed by atoms with van der Waals surface area (Å²) >= 11 is 0. The van der Waals surface area contributed by atoms with Crippen molar-refractivity contribution in [3.63, 3.8) is 0 Å². The van der Waals surface area contributed by atoms with E-state index in [0.717, 1.165) is 5.56 Å². The lowest BCUT2D eigenvalue weighted by molar-refractivity contribution is -0.130. The first-order valence-electron chi connectivity index (χ1n) is 7.69. The summed E-state index contributed by atoms with van der Waals surface area (Å²) in [6.07, 6.45) is 0.0722. The van der Waals surface area contributed by atoms with E-state index in [1.807, 2.05) is 31.2 Å². The molecule has 0 fully saturated rings. The van der Waals surface area contributed by atoms with Gasteiger partial charge in [-0.1, -0.05) is 30.3 Å². The van der Waals surface area contributed by atoms with Gasteiger partial charge < -0.3 is 9.47 Å². The summed E-state index contributed by atoms with van der Waals surface area (Å²) < 4.78 is 23.8. The topological polar surface area (TPSA) is 76.7 Å². The third-order valence-corrected chi connectivity index (χ3v) is 3.22. The van der Waals surface area contributed by atoms with Crippen LogP contribution >= 0.6 is 0 Å². The van der Waals surface area contributed by atoms with Crippen LogP contribution in [-0.2, 0) is 9.59 Å². The molecule has 25 heavy (non-hydrogen) atoms. The van der Waals surface area contributed by atoms with E-state index in [-0.39, 0.29) is 18.8 Å². The van der Waals surface area contributed by atoms with Gasteiger partial charge in [0.25, 0.3) is 5.91 Å². The Labute approximate surface area is 144 Å². The minimum atomic E-state index is -0.601. The fourth-order valence-corrected chi connectivity index (χ4v) is 1.92. The van der Waals surface area contributed by atoms with Gasteiger partial charge in [0.1, 0.15) is 5.75 Å². The molecule has 0 aliphatic heterocycles. The average Bonchev–Trinajstić information content (AvgIpc) is 2.61. The van der Waals surface area contributed by atoms with Gasteiger partial charge in [-0.2, -0.15) is 0 Å². The highest BCUT2D eigenvalue weighted by Gasteiger charge is 2.08. The van der Waals surface area contributed by atoms with Crippen molar-refractivity contribution < 1.29 is 23.5 Å². The second-order valence-electron chi connectivity index (χ2n) is 5.18. The van der Waals surface area contributed by atoms with E-state index in [2.05, 4.69) is 10.9 Å². The highest BCUT2D eigenvalue weighted by molar-refractivity contribution is 5.82. The maximum Gasteiger partial charge on any atom is 0.276 e. The van der Waals surface area contributed by atoms with Gasteiger partial charge in [0.15, 0.2) is 18.2 Å². The normalized spacial score (nSPS) is 10.0. The van der Waals surface area contributed by atoms with Crippen LogP contribution in [0.3, 0.4) is 0 Å². The molecular formula is C18H19FN2O4. The van der Waals surface area contributed by atoms with Gasteiger partial charge in [-0.15, -0.1) is 0 Å². The van der Waals surface area contributed by atoms with Crippen molar-refractivity contribution in [2.45, 2.75) is 13.3 Å². The highest BCUT2D eigenvalue weighted by atomic mass is 19.1. The predicted molar refractivity (Wildman–Crippen MR) is 89.5 cm³/mol. The SMILES string of the molecule is Cc1ccccc1OCCC(=O)NNC(=O)COc1ccccc1F. The largest absolute Gasteiger partial charge is 0.493 e. The van der Waals surface area contributed by atoms with Crippen molar-refractivity contribution in [1.29, 1.82) is 0 Å². The van der Waals surface area contributed by atoms with Gasteiger partial charge in [0.05, 0.1) is 13.0 Å². The van der Waals surface area contributed by atoms with E-state index >= 15 is 0 Å². The van der Waals surface area contributed by atoms with Crippen LogP contribution in [0.15, 0.2) is 48.5 Å². The van der Waals surface area contributed by atoms with Crippen LogP contribution in [0.25, 0.3) is 0 Å². The molecule has 0 saturated carbocycles. The second-order valence-corrected chi connectivity index (χ2v) is 5.18. The second kappa shape index (κ2) is 9.27. The number of carbonyl (C=O) groups excluding carboxylic acids is 2. The number of hydrogen-bond acceptors (Lipinski definition) is 4. The predicted octanol–water partition coefficient (Wildman–Crippen LogP) is 2.13. The summed E-state index contributed by atoms with van der Waals surface area (Å²) in [7, 11) is 0. The Bertz CT molecular complexity index is 737. The molecule has 0 spiro atoms. The van der Waals surface area contributed by atoms with Gasteiger partial charge in [-0.05, 0) is 30.7 Å². The molecule has 132 valence electrons. The Balaban J connectivity index is 1.63. The molecule has 2 amide bonds. The van der Waals surface area contributed by atoms with Crippen molar-refractivity contribution in [2.24, 2.45) is 0 Å². The maximum atomic E-state index is 13.3. The van der Waals surface area contributed by atoms with E-state index < -0.39 is 24.2 Å². The first-order valence-corrected chi connectivity index (χ1v) is 7.69. The Hall–Kier alpha value is -3.09. The van der Waals surface area contributed by atoms with Crippen LogP contribution in [0, 0.1) is 12.7 Å². The van der Waals surface area contributed by atoms with Crippen LogP contribution in [0.4, 0.5) is 4.39 Å². The maximum absolute atomic E-state index is 13.3. The highest BCUT2D eigenvalue weighted by Crippen LogP contribution is 2.16. The average molecular weight is 346 g/mol. The molecule has 2 N–H and O–H groups in total. The molecule has 2 aromatic carbocycles. The van der Waals surface area contributed by atoms with E-state index in [9.17, 15) is 14.0 Å². The van der Waals surface area contributed by atoms with Gasteiger partial charge in [-0.3, -0.25) is 20.4 Å². The fourth-order valence-electron chi connectivity index (χ4n) is 1.92. The lowest BCUT2D eigenvalue weighted by Crippen LogP contribution is -2.44. The summed E-state index contributed by atoms with van der Waals surface area (Å²) in [5, 5.41) is 0. The lowest BCUT2D eigenvalue weighted by Gasteiger charge is -2.10. The van der Waals surface area contributed by atoms with E-state index in [1.54, 1.807) is 6.07 Å². The van der Waals surface area contributed by atoms with Crippen molar-refractivity contribution in [3.05, 3.63) is 59.9 Å². The summed E-state index contributed by atoms with van der Waals surface area (Å²) in [4.78, 5) is 23.2. The number of hydrogen-bond donors (Lipinski definition) is 2. The minimum absolute atomic E-state index is 0.0318. The number of aryl methyl sites for hydroxylation is 1.